The molecule has 0 atom stereocenters. The Morgan fingerprint density at radius 2 is 1.39 bits per heavy atom. The third-order valence-corrected chi connectivity index (χ3v) is 3.02. The highest BCUT2D eigenvalue weighted by Gasteiger charge is 1.88. The van der Waals surface area contributed by atoms with E-state index < -0.39 is 0 Å². The minimum absolute atomic E-state index is 1.19. The third-order valence-electron chi connectivity index (χ3n) is 2.22. The average molecular weight is 257 g/mol. The Balaban J connectivity index is 0.000000199. The van der Waals surface area contributed by atoms with Gasteiger partial charge in [0, 0.05) is 23.1 Å². The Hall–Kier alpha value is -1.54. The molecule has 0 saturated heterocycles. The molecule has 2 aromatic rings. The molecule has 0 amide bonds. The van der Waals surface area contributed by atoms with Crippen LogP contribution in [-0.4, -0.2) is 6.21 Å². The molecule has 0 aliphatic rings. The van der Waals surface area contributed by atoms with Gasteiger partial charge in [0.1, 0.15) is 0 Å². The standard InChI is InChI=1S/C9H11NS.C7H8/c1-3-10-11-9-6-4-8(2)5-7-9;1-7-5-3-2-4-6-7/h3-7H,1-2H3;2-6H,1H3/b10-3+;. The van der Waals surface area contributed by atoms with Crippen molar-refractivity contribution in [1.82, 2.24) is 0 Å². The Kier molecular flexibility index (Phi) is 6.89. The third kappa shape index (κ3) is 6.26. The minimum atomic E-state index is 1.19. The molecular formula is C16H19NS. The van der Waals surface area contributed by atoms with Crippen molar-refractivity contribution in [3.63, 3.8) is 0 Å². The van der Waals surface area contributed by atoms with E-state index in [9.17, 15) is 0 Å². The largest absolute Gasteiger partial charge is 0.224 e. The lowest BCUT2D eigenvalue weighted by Gasteiger charge is -1.94. The van der Waals surface area contributed by atoms with E-state index in [1.807, 2.05) is 25.1 Å². The molecule has 0 N–H and O–H groups in total. The molecular weight excluding hydrogens is 238 g/mol. The highest BCUT2D eigenvalue weighted by atomic mass is 32.2. The first-order valence-corrected chi connectivity index (χ1v) is 6.73. The summed E-state index contributed by atoms with van der Waals surface area (Å²) >= 11 is 1.50. The van der Waals surface area contributed by atoms with Gasteiger partial charge in [-0.15, -0.1) is 0 Å². The van der Waals surface area contributed by atoms with E-state index in [1.54, 1.807) is 6.21 Å². The van der Waals surface area contributed by atoms with Gasteiger partial charge < -0.3 is 0 Å². The quantitative estimate of drug-likeness (QED) is 0.539. The van der Waals surface area contributed by atoms with Crippen molar-refractivity contribution in [2.45, 2.75) is 25.7 Å². The predicted molar refractivity (Wildman–Crippen MR) is 82.4 cm³/mol. The molecule has 0 spiro atoms. The highest BCUT2D eigenvalue weighted by molar-refractivity contribution is 7.98. The Bertz CT molecular complexity index is 460. The van der Waals surface area contributed by atoms with Gasteiger partial charge in [0.05, 0.1) is 0 Å². The van der Waals surface area contributed by atoms with Gasteiger partial charge in [-0.3, -0.25) is 0 Å². The molecule has 0 radical (unpaired) electrons. The zero-order chi connectivity index (χ0) is 13.2. The van der Waals surface area contributed by atoms with E-state index >= 15 is 0 Å². The summed E-state index contributed by atoms with van der Waals surface area (Å²) in [5, 5.41) is 0. The van der Waals surface area contributed by atoms with Crippen LogP contribution < -0.4 is 0 Å². The zero-order valence-corrected chi connectivity index (χ0v) is 11.9. The smallest absolute Gasteiger partial charge is 0.0305 e. The van der Waals surface area contributed by atoms with E-state index in [0.29, 0.717) is 0 Å². The van der Waals surface area contributed by atoms with Crippen molar-refractivity contribution in [2.24, 2.45) is 4.40 Å². The van der Waals surface area contributed by atoms with Crippen molar-refractivity contribution < 1.29 is 0 Å². The van der Waals surface area contributed by atoms with Crippen molar-refractivity contribution in [1.29, 1.82) is 0 Å². The summed E-state index contributed by atoms with van der Waals surface area (Å²) in [4.78, 5) is 1.19. The SMILES string of the molecule is C/C=N/Sc1ccc(C)cc1.Cc1ccccc1. The summed E-state index contributed by atoms with van der Waals surface area (Å²) < 4.78 is 4.06. The maximum absolute atomic E-state index is 4.06. The van der Waals surface area contributed by atoms with E-state index in [0.717, 1.165) is 0 Å². The summed E-state index contributed by atoms with van der Waals surface area (Å²) in [6, 6.07) is 18.6. The topological polar surface area (TPSA) is 12.4 Å². The number of nitrogens with zero attached hydrogens (tertiary/aromatic N) is 1. The molecule has 0 heterocycles. The summed E-state index contributed by atoms with van der Waals surface area (Å²) in [5.41, 5.74) is 2.61. The average Bonchev–Trinajstić information content (AvgIpc) is 2.40. The van der Waals surface area contributed by atoms with Gasteiger partial charge in [0.25, 0.3) is 0 Å². The molecule has 0 unspecified atom stereocenters. The van der Waals surface area contributed by atoms with Crippen molar-refractivity contribution in [2.75, 3.05) is 0 Å². The predicted octanol–water partition coefficient (Wildman–Crippen LogP) is 5.09. The van der Waals surface area contributed by atoms with Crippen LogP contribution in [0.2, 0.25) is 0 Å². The van der Waals surface area contributed by atoms with Gasteiger partial charge in [0.15, 0.2) is 0 Å². The number of hydrogen-bond acceptors (Lipinski definition) is 2. The normalized spacial score (nSPS) is 9.94. The summed E-state index contributed by atoms with van der Waals surface area (Å²) in [5.74, 6) is 0. The lowest BCUT2D eigenvalue weighted by Crippen LogP contribution is -1.70. The summed E-state index contributed by atoms with van der Waals surface area (Å²) in [6.45, 7) is 6.08. The Morgan fingerprint density at radius 3 is 1.83 bits per heavy atom. The van der Waals surface area contributed by atoms with Crippen LogP contribution in [0.25, 0.3) is 0 Å². The molecule has 0 fully saturated rings. The van der Waals surface area contributed by atoms with E-state index in [-0.39, 0.29) is 0 Å². The molecule has 0 aliphatic heterocycles. The first-order chi connectivity index (χ1) is 8.72. The molecule has 0 aromatic heterocycles. The van der Waals surface area contributed by atoms with Crippen molar-refractivity contribution in [3.8, 4) is 0 Å². The number of rotatable bonds is 2. The van der Waals surface area contributed by atoms with Crippen LogP contribution in [-0.2, 0) is 0 Å². The van der Waals surface area contributed by atoms with Gasteiger partial charge in [-0.2, -0.15) is 0 Å². The lowest BCUT2D eigenvalue weighted by molar-refractivity contribution is 1.38. The van der Waals surface area contributed by atoms with Gasteiger partial charge in [0.2, 0.25) is 0 Å². The molecule has 18 heavy (non-hydrogen) atoms. The van der Waals surface area contributed by atoms with Crippen molar-refractivity contribution in [3.05, 3.63) is 65.7 Å². The summed E-state index contributed by atoms with van der Waals surface area (Å²) in [6.07, 6.45) is 1.80. The highest BCUT2D eigenvalue weighted by Crippen LogP contribution is 2.18. The maximum atomic E-state index is 4.06. The van der Waals surface area contributed by atoms with Gasteiger partial charge in [-0.05, 0) is 32.9 Å². The van der Waals surface area contributed by atoms with Crippen LogP contribution in [0.4, 0.5) is 0 Å². The molecule has 0 bridgehead atoms. The fourth-order valence-corrected chi connectivity index (χ4v) is 1.73. The van der Waals surface area contributed by atoms with Crippen LogP contribution in [0.1, 0.15) is 18.1 Å². The minimum Gasteiger partial charge on any atom is -0.224 e. The first-order valence-electron chi connectivity index (χ1n) is 5.95. The Labute approximate surface area is 114 Å². The second-order valence-electron chi connectivity index (χ2n) is 3.92. The second kappa shape index (κ2) is 8.54. The number of benzene rings is 2. The molecule has 1 nitrogen and oxygen atoms in total. The van der Waals surface area contributed by atoms with Crippen LogP contribution in [0.5, 0.6) is 0 Å². The van der Waals surface area contributed by atoms with Crippen LogP contribution in [0.3, 0.4) is 0 Å². The molecule has 0 saturated carbocycles. The van der Waals surface area contributed by atoms with Gasteiger partial charge >= 0.3 is 0 Å². The Morgan fingerprint density at radius 1 is 0.833 bits per heavy atom. The zero-order valence-electron chi connectivity index (χ0n) is 11.1. The molecule has 94 valence electrons. The second-order valence-corrected chi connectivity index (χ2v) is 4.79. The maximum Gasteiger partial charge on any atom is 0.0305 e. The van der Waals surface area contributed by atoms with E-state index in [1.165, 1.54) is 28.0 Å². The van der Waals surface area contributed by atoms with Crippen LogP contribution in [0, 0.1) is 13.8 Å². The fourth-order valence-electron chi connectivity index (χ4n) is 1.25. The molecule has 2 aromatic carbocycles. The first kappa shape index (κ1) is 14.5. The van der Waals surface area contributed by atoms with Crippen LogP contribution >= 0.6 is 11.9 Å². The molecule has 2 heteroatoms. The van der Waals surface area contributed by atoms with Gasteiger partial charge in [-0.1, -0.05) is 53.6 Å². The number of hydrogen-bond donors (Lipinski definition) is 0. The number of aryl methyl sites for hydroxylation is 2. The van der Waals surface area contributed by atoms with Crippen LogP contribution in [0.15, 0.2) is 63.9 Å². The van der Waals surface area contributed by atoms with Gasteiger partial charge in [-0.25, -0.2) is 4.40 Å². The van der Waals surface area contributed by atoms with E-state index in [4.69, 9.17) is 0 Å². The molecule has 2 rings (SSSR count). The van der Waals surface area contributed by atoms with E-state index in [2.05, 4.69) is 54.6 Å². The fraction of sp³-hybridized carbons (Fsp3) is 0.188. The molecule has 0 aliphatic carbocycles. The monoisotopic (exact) mass is 257 g/mol. The summed E-state index contributed by atoms with van der Waals surface area (Å²) in [7, 11) is 0. The lowest BCUT2D eigenvalue weighted by atomic mass is 10.2. The van der Waals surface area contributed by atoms with Crippen molar-refractivity contribution >= 4 is 18.2 Å².